The fraction of sp³-hybridized carbons (Fsp3) is 0.333. The lowest BCUT2D eigenvalue weighted by atomic mass is 9.95. The van der Waals surface area contributed by atoms with Gasteiger partial charge in [0.2, 0.25) is 0 Å². The summed E-state index contributed by atoms with van der Waals surface area (Å²) in [5.74, 6) is 0. The van der Waals surface area contributed by atoms with Gasteiger partial charge < -0.3 is 5.73 Å². The molecule has 0 bridgehead atoms. The Kier molecular flexibility index (Phi) is 3.26. The first-order valence-electron chi connectivity index (χ1n) is 4.67. The molecule has 0 fully saturated rings. The SMILES string of the molecule is C=C[C@@H](N)c1cccc(C)c1CC. The van der Waals surface area contributed by atoms with Gasteiger partial charge in [-0.15, -0.1) is 6.58 Å². The summed E-state index contributed by atoms with van der Waals surface area (Å²) in [7, 11) is 0. The van der Waals surface area contributed by atoms with Gasteiger partial charge in [-0.1, -0.05) is 31.2 Å². The van der Waals surface area contributed by atoms with Crippen molar-refractivity contribution in [2.75, 3.05) is 0 Å². The van der Waals surface area contributed by atoms with Gasteiger partial charge in [0.05, 0.1) is 0 Å². The van der Waals surface area contributed by atoms with Crippen LogP contribution < -0.4 is 5.73 Å². The topological polar surface area (TPSA) is 26.0 Å². The van der Waals surface area contributed by atoms with Crippen LogP contribution >= 0.6 is 0 Å². The van der Waals surface area contributed by atoms with Crippen LogP contribution in [0.5, 0.6) is 0 Å². The second-order valence-corrected chi connectivity index (χ2v) is 3.26. The van der Waals surface area contributed by atoms with Gasteiger partial charge in [0.15, 0.2) is 0 Å². The lowest BCUT2D eigenvalue weighted by Crippen LogP contribution is -2.10. The Balaban J connectivity index is 3.19. The molecule has 70 valence electrons. The summed E-state index contributed by atoms with van der Waals surface area (Å²) in [6, 6.07) is 6.22. The molecule has 0 aliphatic carbocycles. The van der Waals surface area contributed by atoms with Gasteiger partial charge in [0, 0.05) is 6.04 Å². The van der Waals surface area contributed by atoms with Crippen molar-refractivity contribution in [2.24, 2.45) is 5.73 Å². The maximum Gasteiger partial charge on any atom is 0.0481 e. The zero-order valence-electron chi connectivity index (χ0n) is 8.38. The van der Waals surface area contributed by atoms with E-state index in [0.717, 1.165) is 6.42 Å². The summed E-state index contributed by atoms with van der Waals surface area (Å²) >= 11 is 0. The molecule has 0 aliphatic rings. The van der Waals surface area contributed by atoms with Gasteiger partial charge in [-0.05, 0) is 30.0 Å². The van der Waals surface area contributed by atoms with E-state index in [1.165, 1.54) is 16.7 Å². The van der Waals surface area contributed by atoms with Crippen LogP contribution in [0.3, 0.4) is 0 Å². The molecule has 13 heavy (non-hydrogen) atoms. The van der Waals surface area contributed by atoms with Crippen molar-refractivity contribution >= 4 is 0 Å². The van der Waals surface area contributed by atoms with Crippen LogP contribution in [0.2, 0.25) is 0 Å². The van der Waals surface area contributed by atoms with Crippen LogP contribution in [-0.4, -0.2) is 0 Å². The number of rotatable bonds is 3. The second-order valence-electron chi connectivity index (χ2n) is 3.26. The Morgan fingerprint density at radius 3 is 2.77 bits per heavy atom. The largest absolute Gasteiger partial charge is 0.321 e. The van der Waals surface area contributed by atoms with Crippen molar-refractivity contribution < 1.29 is 0 Å². The van der Waals surface area contributed by atoms with E-state index in [1.807, 2.05) is 6.07 Å². The molecule has 0 saturated carbocycles. The highest BCUT2D eigenvalue weighted by molar-refractivity contribution is 5.37. The van der Waals surface area contributed by atoms with Crippen LogP contribution in [0.4, 0.5) is 0 Å². The molecule has 0 unspecified atom stereocenters. The molecule has 1 nitrogen and oxygen atoms in total. The van der Waals surface area contributed by atoms with Crippen LogP contribution in [0.1, 0.15) is 29.7 Å². The van der Waals surface area contributed by atoms with E-state index in [1.54, 1.807) is 6.08 Å². The molecule has 1 rings (SSSR count). The maximum atomic E-state index is 5.92. The molecule has 0 aliphatic heterocycles. The third-order valence-corrected chi connectivity index (χ3v) is 2.41. The zero-order valence-corrected chi connectivity index (χ0v) is 8.38. The Bertz CT molecular complexity index is 302. The van der Waals surface area contributed by atoms with Gasteiger partial charge in [0.1, 0.15) is 0 Å². The van der Waals surface area contributed by atoms with Crippen LogP contribution in [-0.2, 0) is 6.42 Å². The second kappa shape index (κ2) is 4.24. The van der Waals surface area contributed by atoms with Crippen molar-refractivity contribution in [3.05, 3.63) is 47.5 Å². The molecule has 1 aromatic rings. The third kappa shape index (κ3) is 1.99. The molecule has 0 radical (unpaired) electrons. The molecule has 0 heterocycles. The van der Waals surface area contributed by atoms with E-state index in [-0.39, 0.29) is 6.04 Å². The summed E-state index contributed by atoms with van der Waals surface area (Å²) in [4.78, 5) is 0. The Morgan fingerprint density at radius 1 is 1.54 bits per heavy atom. The van der Waals surface area contributed by atoms with E-state index in [4.69, 9.17) is 5.73 Å². The van der Waals surface area contributed by atoms with E-state index < -0.39 is 0 Å². The lowest BCUT2D eigenvalue weighted by Gasteiger charge is -2.14. The maximum absolute atomic E-state index is 5.92. The molecule has 0 saturated heterocycles. The highest BCUT2D eigenvalue weighted by Crippen LogP contribution is 2.20. The van der Waals surface area contributed by atoms with Gasteiger partial charge in [0.25, 0.3) is 0 Å². The van der Waals surface area contributed by atoms with Gasteiger partial charge in [-0.3, -0.25) is 0 Å². The molecule has 2 N–H and O–H groups in total. The molecule has 0 amide bonds. The predicted octanol–water partition coefficient (Wildman–Crippen LogP) is 2.74. The summed E-state index contributed by atoms with van der Waals surface area (Å²) < 4.78 is 0. The highest BCUT2D eigenvalue weighted by Gasteiger charge is 2.07. The number of aryl methyl sites for hydroxylation is 1. The van der Waals surface area contributed by atoms with E-state index in [9.17, 15) is 0 Å². The van der Waals surface area contributed by atoms with Crippen molar-refractivity contribution in [1.29, 1.82) is 0 Å². The first kappa shape index (κ1) is 10.0. The standard InChI is InChI=1S/C12H17N/c1-4-10-9(3)7-6-8-11(10)12(13)5-2/h5-8,12H,2,4,13H2,1,3H3/t12-/m1/s1. The molecule has 1 aromatic carbocycles. The Labute approximate surface area is 80.3 Å². The quantitative estimate of drug-likeness (QED) is 0.702. The smallest absolute Gasteiger partial charge is 0.0481 e. The Morgan fingerprint density at radius 2 is 2.23 bits per heavy atom. The van der Waals surface area contributed by atoms with Crippen molar-refractivity contribution in [2.45, 2.75) is 26.3 Å². The number of hydrogen-bond donors (Lipinski definition) is 1. The van der Waals surface area contributed by atoms with Gasteiger partial charge in [-0.2, -0.15) is 0 Å². The van der Waals surface area contributed by atoms with E-state index in [2.05, 4.69) is 32.6 Å². The molecule has 1 heteroatoms. The average Bonchev–Trinajstić information content (AvgIpc) is 2.16. The van der Waals surface area contributed by atoms with E-state index in [0.29, 0.717) is 0 Å². The molecule has 1 atom stereocenters. The van der Waals surface area contributed by atoms with Gasteiger partial charge in [-0.25, -0.2) is 0 Å². The third-order valence-electron chi connectivity index (χ3n) is 2.41. The monoisotopic (exact) mass is 175 g/mol. The van der Waals surface area contributed by atoms with Crippen LogP contribution in [0.25, 0.3) is 0 Å². The summed E-state index contributed by atoms with van der Waals surface area (Å²) in [6.07, 6.45) is 2.82. The first-order chi connectivity index (χ1) is 6.20. The molecule has 0 spiro atoms. The summed E-state index contributed by atoms with van der Waals surface area (Å²) in [6.45, 7) is 7.99. The molecular weight excluding hydrogens is 158 g/mol. The highest BCUT2D eigenvalue weighted by atomic mass is 14.6. The lowest BCUT2D eigenvalue weighted by molar-refractivity contribution is 0.880. The predicted molar refractivity (Wildman–Crippen MR) is 57.7 cm³/mol. The summed E-state index contributed by atoms with van der Waals surface area (Å²) in [5, 5.41) is 0. The average molecular weight is 175 g/mol. The first-order valence-corrected chi connectivity index (χ1v) is 4.67. The molecule has 0 aromatic heterocycles. The minimum Gasteiger partial charge on any atom is -0.321 e. The van der Waals surface area contributed by atoms with Crippen LogP contribution in [0, 0.1) is 6.92 Å². The fourth-order valence-corrected chi connectivity index (χ4v) is 1.65. The number of nitrogens with two attached hydrogens (primary N) is 1. The van der Waals surface area contributed by atoms with Crippen molar-refractivity contribution in [3.63, 3.8) is 0 Å². The van der Waals surface area contributed by atoms with Gasteiger partial charge >= 0.3 is 0 Å². The van der Waals surface area contributed by atoms with Crippen molar-refractivity contribution in [3.8, 4) is 0 Å². The molecular formula is C12H17N. The fourth-order valence-electron chi connectivity index (χ4n) is 1.65. The Hall–Kier alpha value is -1.08. The minimum atomic E-state index is -0.0325. The number of hydrogen-bond acceptors (Lipinski definition) is 1. The zero-order chi connectivity index (χ0) is 9.84. The van der Waals surface area contributed by atoms with Crippen LogP contribution in [0.15, 0.2) is 30.9 Å². The van der Waals surface area contributed by atoms with E-state index >= 15 is 0 Å². The summed E-state index contributed by atoms with van der Waals surface area (Å²) in [5.41, 5.74) is 9.80. The normalized spacial score (nSPS) is 12.5. The minimum absolute atomic E-state index is 0.0325. The van der Waals surface area contributed by atoms with Crippen molar-refractivity contribution in [1.82, 2.24) is 0 Å². The number of benzene rings is 1.